The first-order chi connectivity index (χ1) is 14.3. The summed E-state index contributed by atoms with van der Waals surface area (Å²) in [6.45, 7) is 3.57. The maximum atomic E-state index is 12.8. The minimum Gasteiger partial charge on any atom is -0.481 e. The number of esters is 1. The van der Waals surface area contributed by atoms with Gasteiger partial charge in [-0.25, -0.2) is 4.79 Å². The Hall–Kier alpha value is -2.16. The number of benzene rings is 2. The molecule has 1 amide bonds. The molecule has 2 aromatic carbocycles. The van der Waals surface area contributed by atoms with Crippen molar-refractivity contribution in [2.45, 2.75) is 20.0 Å². The number of halogens is 2. The van der Waals surface area contributed by atoms with Gasteiger partial charge in [0.2, 0.25) is 0 Å². The fourth-order valence-electron chi connectivity index (χ4n) is 2.91. The monoisotopic (exact) mass is 551 g/mol. The molecule has 3 aromatic rings. The van der Waals surface area contributed by atoms with Gasteiger partial charge in [-0.2, -0.15) is 0 Å². The molecule has 0 radical (unpaired) electrons. The number of methoxy groups -OCH3 is 1. The molecule has 0 aliphatic carbocycles. The number of rotatable bonds is 6. The van der Waals surface area contributed by atoms with Crippen molar-refractivity contribution < 1.29 is 19.1 Å². The smallest absolute Gasteiger partial charge is 0.341 e. The quantitative estimate of drug-likeness (QED) is 0.357. The molecule has 0 aliphatic heterocycles. The summed E-state index contributed by atoms with van der Waals surface area (Å²) in [6.07, 6.45) is -0.761. The normalized spacial score (nSPS) is 11.6. The van der Waals surface area contributed by atoms with Gasteiger partial charge >= 0.3 is 5.97 Å². The molecule has 1 unspecified atom stereocenters. The zero-order chi connectivity index (χ0) is 21.8. The first-order valence-corrected chi connectivity index (χ1v) is 11.4. The summed E-state index contributed by atoms with van der Waals surface area (Å²) in [6, 6.07) is 14.9. The summed E-state index contributed by atoms with van der Waals surface area (Å²) >= 11 is 8.13. The molecule has 1 atom stereocenters. The Morgan fingerprint density at radius 3 is 2.40 bits per heavy atom. The van der Waals surface area contributed by atoms with Gasteiger partial charge in [-0.15, -0.1) is 11.3 Å². The Kier molecular flexibility index (Phi) is 7.33. The molecular formula is C22H19Br2NO4S. The average molecular weight is 553 g/mol. The van der Waals surface area contributed by atoms with Crippen molar-refractivity contribution in [3.63, 3.8) is 0 Å². The van der Waals surface area contributed by atoms with E-state index in [0.717, 1.165) is 24.9 Å². The molecule has 5 nitrogen and oxygen atoms in total. The molecule has 0 aliphatic rings. The van der Waals surface area contributed by atoms with Gasteiger partial charge in [-0.05, 0) is 49.7 Å². The Bertz CT molecular complexity index is 1080. The number of hydrogen-bond donors (Lipinski definition) is 1. The van der Waals surface area contributed by atoms with Crippen LogP contribution in [0.2, 0.25) is 0 Å². The van der Waals surface area contributed by atoms with E-state index in [1.807, 2.05) is 43.3 Å². The molecule has 8 heteroatoms. The SMILES string of the molecule is COC(=O)c1c(NC(=O)C(C)Oc2cccc(Br)c2)sc(C)c1-c1ccc(Br)cc1. The number of aryl methyl sites for hydroxylation is 1. The highest BCUT2D eigenvalue weighted by Crippen LogP contribution is 2.40. The van der Waals surface area contributed by atoms with Gasteiger partial charge in [0, 0.05) is 19.4 Å². The fraction of sp³-hybridized carbons (Fsp3) is 0.182. The lowest BCUT2D eigenvalue weighted by molar-refractivity contribution is -0.122. The zero-order valence-corrected chi connectivity index (χ0v) is 20.5. The summed E-state index contributed by atoms with van der Waals surface area (Å²) in [5.74, 6) is -0.296. The molecule has 30 heavy (non-hydrogen) atoms. The van der Waals surface area contributed by atoms with Gasteiger partial charge in [0.25, 0.3) is 5.91 Å². The van der Waals surface area contributed by atoms with Crippen LogP contribution in [0.4, 0.5) is 5.00 Å². The number of amides is 1. The molecule has 1 N–H and O–H groups in total. The third kappa shape index (κ3) is 5.11. The fourth-order valence-corrected chi connectivity index (χ4v) is 4.61. The van der Waals surface area contributed by atoms with Gasteiger partial charge in [0.05, 0.1) is 7.11 Å². The highest BCUT2D eigenvalue weighted by atomic mass is 79.9. The van der Waals surface area contributed by atoms with E-state index in [1.165, 1.54) is 18.4 Å². The second-order valence-electron chi connectivity index (χ2n) is 6.44. The molecule has 0 saturated carbocycles. The van der Waals surface area contributed by atoms with Crippen LogP contribution < -0.4 is 10.1 Å². The van der Waals surface area contributed by atoms with Crippen LogP contribution in [0.1, 0.15) is 22.2 Å². The largest absolute Gasteiger partial charge is 0.481 e. The average Bonchev–Trinajstić information content (AvgIpc) is 3.03. The summed E-state index contributed by atoms with van der Waals surface area (Å²) < 4.78 is 12.5. The number of thiophene rings is 1. The van der Waals surface area contributed by atoms with Crippen molar-refractivity contribution in [2.75, 3.05) is 12.4 Å². The molecule has 0 bridgehead atoms. The van der Waals surface area contributed by atoms with E-state index in [1.54, 1.807) is 19.1 Å². The van der Waals surface area contributed by atoms with Crippen molar-refractivity contribution in [1.82, 2.24) is 0 Å². The van der Waals surface area contributed by atoms with E-state index in [-0.39, 0.29) is 5.91 Å². The highest BCUT2D eigenvalue weighted by Gasteiger charge is 2.26. The van der Waals surface area contributed by atoms with Crippen LogP contribution in [0.5, 0.6) is 5.75 Å². The first-order valence-electron chi connectivity index (χ1n) is 9.01. The molecule has 3 rings (SSSR count). The lowest BCUT2D eigenvalue weighted by Crippen LogP contribution is -2.30. The summed E-state index contributed by atoms with van der Waals surface area (Å²) in [5, 5.41) is 3.27. The van der Waals surface area contributed by atoms with Gasteiger partial charge in [0.15, 0.2) is 6.10 Å². The van der Waals surface area contributed by atoms with E-state index >= 15 is 0 Å². The molecule has 1 heterocycles. The number of anilines is 1. The van der Waals surface area contributed by atoms with Crippen molar-refractivity contribution >= 4 is 60.1 Å². The van der Waals surface area contributed by atoms with Crippen LogP contribution in [0.25, 0.3) is 11.1 Å². The number of carbonyl (C=O) groups is 2. The van der Waals surface area contributed by atoms with Gasteiger partial charge in [0.1, 0.15) is 16.3 Å². The van der Waals surface area contributed by atoms with Crippen molar-refractivity contribution in [2.24, 2.45) is 0 Å². The summed E-state index contributed by atoms with van der Waals surface area (Å²) in [7, 11) is 1.32. The second-order valence-corrected chi connectivity index (χ2v) is 9.50. The Morgan fingerprint density at radius 1 is 1.07 bits per heavy atom. The van der Waals surface area contributed by atoms with Crippen molar-refractivity contribution in [3.8, 4) is 16.9 Å². The standard InChI is InChI=1S/C22H19Br2NO4S/c1-12(29-17-6-4-5-16(24)11-17)20(26)25-21-19(22(27)28-3)18(13(2)30-21)14-7-9-15(23)10-8-14/h4-12H,1-3H3,(H,25,26). The van der Waals surface area contributed by atoms with Crippen LogP contribution in [0.15, 0.2) is 57.5 Å². The highest BCUT2D eigenvalue weighted by molar-refractivity contribution is 9.10. The van der Waals surface area contributed by atoms with Gasteiger partial charge in [-0.1, -0.05) is 50.1 Å². The topological polar surface area (TPSA) is 64.6 Å². The predicted octanol–water partition coefficient (Wildman–Crippen LogP) is 6.44. The number of hydrogen-bond acceptors (Lipinski definition) is 5. The molecule has 0 fully saturated rings. The molecule has 0 saturated heterocycles. The van der Waals surface area contributed by atoms with E-state index in [2.05, 4.69) is 37.2 Å². The maximum absolute atomic E-state index is 12.8. The third-order valence-corrected chi connectivity index (χ3v) is 6.36. The lowest BCUT2D eigenvalue weighted by atomic mass is 10.0. The van der Waals surface area contributed by atoms with Gasteiger partial charge in [-0.3, -0.25) is 4.79 Å². The van der Waals surface area contributed by atoms with Crippen LogP contribution in [0, 0.1) is 6.92 Å². The maximum Gasteiger partial charge on any atom is 0.341 e. The summed E-state index contributed by atoms with van der Waals surface area (Å²) in [5.41, 5.74) is 1.95. The number of nitrogens with one attached hydrogen (secondary N) is 1. The van der Waals surface area contributed by atoms with Crippen LogP contribution in [-0.2, 0) is 9.53 Å². The van der Waals surface area contributed by atoms with Crippen molar-refractivity contribution in [1.29, 1.82) is 0 Å². The van der Waals surface area contributed by atoms with E-state index in [4.69, 9.17) is 9.47 Å². The van der Waals surface area contributed by atoms with Crippen LogP contribution in [0.3, 0.4) is 0 Å². The first kappa shape index (κ1) is 22.5. The van der Waals surface area contributed by atoms with E-state index in [9.17, 15) is 9.59 Å². The van der Waals surface area contributed by atoms with E-state index in [0.29, 0.717) is 16.3 Å². The molecule has 1 aromatic heterocycles. The summed E-state index contributed by atoms with van der Waals surface area (Å²) in [4.78, 5) is 26.2. The Morgan fingerprint density at radius 2 is 1.77 bits per heavy atom. The van der Waals surface area contributed by atoms with Crippen LogP contribution in [-0.4, -0.2) is 25.1 Å². The predicted molar refractivity (Wildman–Crippen MR) is 126 cm³/mol. The lowest BCUT2D eigenvalue weighted by Gasteiger charge is -2.15. The zero-order valence-electron chi connectivity index (χ0n) is 16.5. The number of carbonyl (C=O) groups excluding carboxylic acids is 2. The Balaban J connectivity index is 1.89. The minimum absolute atomic E-state index is 0.338. The second kappa shape index (κ2) is 9.76. The van der Waals surface area contributed by atoms with Crippen molar-refractivity contribution in [3.05, 3.63) is 67.9 Å². The molecule has 156 valence electrons. The van der Waals surface area contributed by atoms with Gasteiger partial charge < -0.3 is 14.8 Å². The van der Waals surface area contributed by atoms with Crippen LogP contribution >= 0.6 is 43.2 Å². The molecular weight excluding hydrogens is 534 g/mol. The van der Waals surface area contributed by atoms with E-state index < -0.39 is 12.1 Å². The number of ether oxygens (including phenoxy) is 2. The Labute approximate surface area is 195 Å². The minimum atomic E-state index is -0.761. The molecule has 0 spiro atoms. The third-order valence-electron chi connectivity index (χ3n) is 4.32.